The summed E-state index contributed by atoms with van der Waals surface area (Å²) in [6.07, 6.45) is 0.691. The summed E-state index contributed by atoms with van der Waals surface area (Å²) in [6, 6.07) is 0.662. The smallest absolute Gasteiger partial charge is 0.200 e. The Labute approximate surface area is 253 Å². The van der Waals surface area contributed by atoms with Crippen LogP contribution in [-0.2, 0) is 34.8 Å². The van der Waals surface area contributed by atoms with Gasteiger partial charge in [-0.05, 0) is 6.07 Å². The van der Waals surface area contributed by atoms with Gasteiger partial charge in [-0.1, -0.05) is 11.6 Å². The third-order valence-corrected chi connectivity index (χ3v) is 6.73. The van der Waals surface area contributed by atoms with Crippen LogP contribution in [0, 0.1) is 58.2 Å². The van der Waals surface area contributed by atoms with Gasteiger partial charge >= 0.3 is 0 Å². The van der Waals surface area contributed by atoms with Crippen molar-refractivity contribution in [1.29, 1.82) is 0 Å². The Kier molecular flexibility index (Phi) is 8.57. The van der Waals surface area contributed by atoms with Crippen LogP contribution < -0.4 is 21.0 Å². The van der Waals surface area contributed by atoms with Crippen molar-refractivity contribution in [2.45, 2.75) is 5.50 Å². The standard InChI is InChI=1S/C27H3ClF10N2O3.Re/c28-27-9(5-43)11(14-17(31)21(35)24(38)22(36)18(14)32)12-8(4-42)7(3-41)10-6(1-2-39-25(10)26(12)40-27)13-15(29)19(33)23(37)20(34)16(13)30;/h1-2,27H;. The minimum atomic E-state index is -2.60. The maximum absolute atomic E-state index is 15.0. The van der Waals surface area contributed by atoms with Crippen molar-refractivity contribution in [3.63, 3.8) is 0 Å². The summed E-state index contributed by atoms with van der Waals surface area (Å²) in [5.74, 6) is -21.3. The second kappa shape index (κ2) is 11.6. The molecule has 1 atom stereocenters. The van der Waals surface area contributed by atoms with E-state index >= 15 is 0 Å². The van der Waals surface area contributed by atoms with Crippen molar-refractivity contribution in [3.05, 3.63) is 103 Å². The van der Waals surface area contributed by atoms with E-state index < -0.39 is 123 Å². The van der Waals surface area contributed by atoms with Gasteiger partial charge in [0.1, 0.15) is 17.8 Å². The number of rotatable bonds is 2. The number of halogens is 11. The molecule has 17 heteroatoms. The Bertz CT molecular complexity index is 2300. The van der Waals surface area contributed by atoms with Crippen molar-refractivity contribution in [2.75, 3.05) is 0 Å². The average Bonchev–Trinajstić information content (AvgIpc) is 3.00. The second-order valence-electron chi connectivity index (χ2n) is 8.51. The zero-order valence-electron chi connectivity index (χ0n) is 20.4. The zero-order chi connectivity index (χ0) is 31.7. The van der Waals surface area contributed by atoms with Gasteiger partial charge < -0.3 is 0 Å². The summed E-state index contributed by atoms with van der Waals surface area (Å²) in [7, 11) is 0. The Morgan fingerprint density at radius 1 is 0.636 bits per heavy atom. The number of carbonyl (C=O) groups excluding carboxylic acids is 3. The van der Waals surface area contributed by atoms with E-state index in [1.54, 1.807) is 0 Å². The van der Waals surface area contributed by atoms with Crippen LogP contribution in [0.2, 0.25) is 0 Å². The molecule has 1 radical (unpaired) electrons. The quantitative estimate of drug-likeness (QED) is 0.0780. The summed E-state index contributed by atoms with van der Waals surface area (Å²) in [5.41, 5.74) is -9.62. The molecule has 1 aliphatic heterocycles. The largest absolute Gasteiger partial charge is 0.257 e. The van der Waals surface area contributed by atoms with Gasteiger partial charge in [-0.15, -0.1) is 0 Å². The number of fused-ring (bicyclic) bond motifs is 3. The Hall–Kier alpha value is -4.40. The number of aromatic nitrogens is 1. The summed E-state index contributed by atoms with van der Waals surface area (Å²) >= 11 is 6.05. The maximum Gasteiger partial charge on any atom is 0.200 e. The van der Waals surface area contributed by atoms with Crippen LogP contribution in [0.25, 0.3) is 27.6 Å². The van der Waals surface area contributed by atoms with E-state index in [1.807, 2.05) is 0 Å². The topological polar surface area (TPSA) is 76.5 Å². The fraction of sp³-hybridized carbons (Fsp3) is 0.0370. The number of alkyl halides is 1. The van der Waals surface area contributed by atoms with Gasteiger partial charge in [-0.3, -0.25) is 9.98 Å². The van der Waals surface area contributed by atoms with Gasteiger partial charge in [0.15, 0.2) is 52.0 Å². The van der Waals surface area contributed by atoms with E-state index in [0.29, 0.717) is 12.3 Å². The molecule has 0 aliphatic carbocycles. The van der Waals surface area contributed by atoms with Gasteiger partial charge in [-0.2, -0.15) is 0 Å². The maximum atomic E-state index is 15.0. The van der Waals surface area contributed by atoms with Crippen LogP contribution >= 0.6 is 11.6 Å². The molecule has 0 saturated carbocycles. The van der Waals surface area contributed by atoms with Crippen molar-refractivity contribution < 1.29 is 78.7 Å². The molecule has 0 fully saturated rings. The molecule has 3 aromatic carbocycles. The van der Waals surface area contributed by atoms with E-state index in [-0.39, 0.29) is 20.4 Å². The normalized spacial score (nSPS) is 13.9. The van der Waals surface area contributed by atoms with Gasteiger partial charge in [0.05, 0.1) is 38.0 Å². The molecule has 1 unspecified atom stereocenters. The second-order valence-corrected chi connectivity index (χ2v) is 8.92. The predicted molar refractivity (Wildman–Crippen MR) is 124 cm³/mol. The third-order valence-electron chi connectivity index (χ3n) is 6.42. The Morgan fingerprint density at radius 2 is 1.09 bits per heavy atom. The van der Waals surface area contributed by atoms with Gasteiger partial charge in [0, 0.05) is 48.4 Å². The minimum absolute atomic E-state index is 0. The van der Waals surface area contributed by atoms with Crippen LogP contribution in [0.15, 0.2) is 22.8 Å². The molecular formula is C27H3ClF10N2O3Re. The van der Waals surface area contributed by atoms with Crippen LogP contribution in [0.4, 0.5) is 43.9 Å². The molecule has 2 heterocycles. The molecule has 4 aromatic rings. The van der Waals surface area contributed by atoms with Crippen molar-refractivity contribution in [1.82, 2.24) is 4.98 Å². The van der Waals surface area contributed by atoms with Crippen LogP contribution in [0.5, 0.6) is 0 Å². The molecule has 5 nitrogen and oxygen atoms in total. The van der Waals surface area contributed by atoms with Gasteiger partial charge in [0.2, 0.25) is 11.6 Å². The van der Waals surface area contributed by atoms with Crippen molar-refractivity contribution in [3.8, 4) is 11.1 Å². The number of nitrogens with zero attached hydrogens (tertiary/aromatic N) is 2. The summed E-state index contributed by atoms with van der Waals surface area (Å²) in [5, 5.41) is -5.08. The van der Waals surface area contributed by atoms with Gasteiger partial charge in [0.25, 0.3) is 0 Å². The Morgan fingerprint density at radius 3 is 1.55 bits per heavy atom. The first-order chi connectivity index (χ1) is 20.3. The van der Waals surface area contributed by atoms with E-state index in [0.717, 1.165) is 17.8 Å². The third kappa shape index (κ3) is 4.35. The summed E-state index contributed by atoms with van der Waals surface area (Å²) in [4.78, 5) is 43.8. The van der Waals surface area contributed by atoms with Gasteiger partial charge in [-0.25, -0.2) is 58.3 Å². The monoisotopic (exact) mass is 815 g/mol. The summed E-state index contributed by atoms with van der Waals surface area (Å²) in [6.45, 7) is 0. The van der Waals surface area contributed by atoms with Crippen LogP contribution in [0.1, 0.15) is 5.56 Å². The Balaban J connectivity index is 0.00000442. The molecule has 0 N–H and O–H groups in total. The fourth-order valence-electron chi connectivity index (χ4n) is 4.62. The van der Waals surface area contributed by atoms with Crippen molar-refractivity contribution >= 4 is 45.9 Å². The molecule has 5 rings (SSSR count). The van der Waals surface area contributed by atoms with E-state index in [1.165, 1.54) is 0 Å². The number of pyridine rings is 1. The zero-order valence-corrected chi connectivity index (χ0v) is 23.9. The minimum Gasteiger partial charge on any atom is -0.257 e. The predicted octanol–water partition coefficient (Wildman–Crippen LogP) is 2.45. The molecule has 0 amide bonds. The molecular weight excluding hydrogens is 812 g/mol. The van der Waals surface area contributed by atoms with Crippen LogP contribution in [-0.4, -0.2) is 28.3 Å². The van der Waals surface area contributed by atoms with E-state index in [9.17, 15) is 58.3 Å². The van der Waals surface area contributed by atoms with Crippen LogP contribution in [0.3, 0.4) is 0 Å². The molecule has 0 spiro atoms. The van der Waals surface area contributed by atoms with E-state index in [4.69, 9.17) is 11.6 Å². The molecule has 1 aromatic heterocycles. The molecule has 0 bridgehead atoms. The SMILES string of the molecule is O=C=C1C(c2c(F)c(F)c(F)c(F)c2F)=c2c(=C=O)c(=C=O)c3c(-c4c(F)c(F)c(F)c(F)c4F)ccnc3c2=NC1Cl.[Re]. The average molecular weight is 815 g/mol. The summed E-state index contributed by atoms with van der Waals surface area (Å²) < 4.78 is 144. The molecule has 1 aliphatic rings. The molecule has 0 saturated heterocycles. The molecule has 44 heavy (non-hydrogen) atoms. The number of benzene rings is 3. The van der Waals surface area contributed by atoms with E-state index in [2.05, 4.69) is 9.98 Å². The number of hydrogen-bond donors (Lipinski definition) is 0. The number of hydrogen-bond acceptors (Lipinski definition) is 5. The first-order valence-electron chi connectivity index (χ1n) is 11.1. The fourth-order valence-corrected chi connectivity index (χ4v) is 4.87. The first-order valence-corrected chi connectivity index (χ1v) is 11.5. The molecule has 223 valence electrons. The first kappa shape index (κ1) is 32.5. The van der Waals surface area contributed by atoms with Crippen molar-refractivity contribution in [2.24, 2.45) is 4.99 Å².